The summed E-state index contributed by atoms with van der Waals surface area (Å²) in [5.41, 5.74) is 3.88. The molecule has 184 valence electrons. The van der Waals surface area contributed by atoms with E-state index < -0.39 is 6.09 Å². The molecule has 4 amide bonds. The first-order valence-corrected chi connectivity index (χ1v) is 11.6. The van der Waals surface area contributed by atoms with Crippen molar-refractivity contribution < 1.29 is 23.9 Å². The van der Waals surface area contributed by atoms with Crippen molar-refractivity contribution in [2.45, 2.75) is 45.9 Å². The quantitative estimate of drug-likeness (QED) is 0.420. The average Bonchev–Trinajstić information content (AvgIpc) is 3.18. The molecular formula is C25H27ClN4O5. The van der Waals surface area contributed by atoms with Crippen LogP contribution in [-0.4, -0.2) is 41.6 Å². The minimum absolute atomic E-state index is 0.0108. The maximum absolute atomic E-state index is 12.9. The summed E-state index contributed by atoms with van der Waals surface area (Å²) in [7, 11) is 0. The van der Waals surface area contributed by atoms with Gasteiger partial charge in [0.05, 0.1) is 11.6 Å². The van der Waals surface area contributed by atoms with E-state index in [1.807, 2.05) is 13.0 Å². The number of carbonyl (C=O) groups excluding carboxylic acids is 4. The first-order valence-electron chi connectivity index (χ1n) is 10.8. The number of nitrogens with zero attached hydrogens (tertiary/aromatic N) is 2. The van der Waals surface area contributed by atoms with Gasteiger partial charge in [0.1, 0.15) is 6.61 Å². The minimum Gasteiger partial charge on any atom is -0.444 e. The number of hydrogen-bond donors (Lipinski definition) is 2. The molecule has 0 aliphatic carbocycles. The fourth-order valence-electron chi connectivity index (χ4n) is 3.62. The molecule has 1 atom stereocenters. The number of halogens is 1. The molecule has 0 fully saturated rings. The van der Waals surface area contributed by atoms with Crippen LogP contribution in [-0.2, 0) is 27.5 Å². The Labute approximate surface area is 209 Å². The molecule has 0 saturated heterocycles. The Hall–Kier alpha value is -3.90. The smallest absolute Gasteiger partial charge is 0.411 e. The number of nitrogens with one attached hydrogen (secondary N) is 2. The second-order valence-corrected chi connectivity index (χ2v) is 7.84. The summed E-state index contributed by atoms with van der Waals surface area (Å²) < 4.78 is 5.27. The predicted octanol–water partition coefficient (Wildman–Crippen LogP) is 3.87. The zero-order valence-electron chi connectivity index (χ0n) is 19.8. The Morgan fingerprint density at radius 3 is 2.66 bits per heavy atom. The second kappa shape index (κ2) is 13.1. The number of amides is 4. The van der Waals surface area contributed by atoms with E-state index in [2.05, 4.69) is 28.3 Å². The van der Waals surface area contributed by atoms with Gasteiger partial charge in [0, 0.05) is 36.6 Å². The Morgan fingerprint density at radius 2 is 2.00 bits per heavy atom. The van der Waals surface area contributed by atoms with Gasteiger partial charge in [-0.05, 0) is 61.2 Å². The van der Waals surface area contributed by atoms with Crippen molar-refractivity contribution in [3.8, 4) is 6.07 Å². The second-order valence-electron chi connectivity index (χ2n) is 7.84. The fraction of sp³-hybridized carbons (Fsp3) is 0.320. The summed E-state index contributed by atoms with van der Waals surface area (Å²) in [6, 6.07) is 12.2. The summed E-state index contributed by atoms with van der Waals surface area (Å²) in [5.74, 6) is -0.525. The lowest BCUT2D eigenvalue weighted by molar-refractivity contribution is -0.125. The summed E-state index contributed by atoms with van der Waals surface area (Å²) in [5, 5.41) is 13.7. The standard InChI is InChI=1S/C24H24N4O5.CH3Cl/c1-15-9-20(7-6-18(15)11-25)27-24(32)33-13-17-4-5-19-12-28(23(31)21(19)10-17)16(2)3-8-22(30)26-14-29;1-2/h4-7,9-10,14,16H,3,8,12-13H2,1-2H3,(H,27,32)(H,26,29,30);1H3. The topological polar surface area (TPSA) is 129 Å². The van der Waals surface area contributed by atoms with Gasteiger partial charge in [0.15, 0.2) is 0 Å². The molecule has 3 rings (SSSR count). The fourth-order valence-corrected chi connectivity index (χ4v) is 3.62. The number of hydrogen-bond acceptors (Lipinski definition) is 6. The molecule has 2 aromatic rings. The molecule has 1 unspecified atom stereocenters. The van der Waals surface area contributed by atoms with Crippen LogP contribution in [0, 0.1) is 18.3 Å². The normalized spacial score (nSPS) is 12.4. The van der Waals surface area contributed by atoms with Gasteiger partial charge >= 0.3 is 6.09 Å². The first kappa shape index (κ1) is 27.3. The van der Waals surface area contributed by atoms with Crippen molar-refractivity contribution >= 4 is 41.6 Å². The van der Waals surface area contributed by atoms with E-state index in [4.69, 9.17) is 10.00 Å². The highest BCUT2D eigenvalue weighted by molar-refractivity contribution is 6.15. The zero-order valence-corrected chi connectivity index (χ0v) is 20.5. The van der Waals surface area contributed by atoms with Crippen LogP contribution in [0.1, 0.15) is 52.4 Å². The lowest BCUT2D eigenvalue weighted by Gasteiger charge is -2.23. The number of aryl methyl sites for hydroxylation is 1. The number of benzene rings is 2. The molecule has 2 aromatic carbocycles. The van der Waals surface area contributed by atoms with Gasteiger partial charge in [0.25, 0.3) is 5.91 Å². The van der Waals surface area contributed by atoms with Crippen molar-refractivity contribution in [1.82, 2.24) is 10.2 Å². The van der Waals surface area contributed by atoms with Gasteiger partial charge < -0.3 is 9.64 Å². The molecule has 1 heterocycles. The lowest BCUT2D eigenvalue weighted by Crippen LogP contribution is -2.34. The van der Waals surface area contributed by atoms with Crippen LogP contribution in [0.25, 0.3) is 0 Å². The highest BCUT2D eigenvalue weighted by atomic mass is 35.5. The number of rotatable bonds is 8. The van der Waals surface area contributed by atoms with Crippen molar-refractivity contribution in [3.05, 3.63) is 64.2 Å². The summed E-state index contributed by atoms with van der Waals surface area (Å²) in [6.45, 7) is 4.06. The molecule has 0 bridgehead atoms. The molecule has 0 radical (unpaired) electrons. The van der Waals surface area contributed by atoms with Crippen LogP contribution in [0.3, 0.4) is 0 Å². The molecule has 0 spiro atoms. The molecule has 1 aliphatic heterocycles. The predicted molar refractivity (Wildman–Crippen MR) is 131 cm³/mol. The summed E-state index contributed by atoms with van der Waals surface area (Å²) >= 11 is 4.64. The minimum atomic E-state index is -0.644. The van der Waals surface area contributed by atoms with Crippen LogP contribution in [0.4, 0.5) is 10.5 Å². The van der Waals surface area contributed by atoms with Gasteiger partial charge in [-0.1, -0.05) is 12.1 Å². The number of nitriles is 1. The molecule has 35 heavy (non-hydrogen) atoms. The van der Waals surface area contributed by atoms with Crippen LogP contribution in [0.15, 0.2) is 36.4 Å². The number of ether oxygens (including phenoxy) is 1. The van der Waals surface area contributed by atoms with E-state index in [9.17, 15) is 19.2 Å². The van der Waals surface area contributed by atoms with Crippen LogP contribution < -0.4 is 10.6 Å². The van der Waals surface area contributed by atoms with E-state index in [0.717, 1.165) is 11.1 Å². The third kappa shape index (κ3) is 7.29. The molecule has 0 aromatic heterocycles. The number of fused-ring (bicyclic) bond motifs is 1. The average molecular weight is 499 g/mol. The Kier molecular flexibility index (Phi) is 10.2. The maximum Gasteiger partial charge on any atom is 0.411 e. The lowest BCUT2D eigenvalue weighted by atomic mass is 10.1. The molecule has 1 aliphatic rings. The number of carbonyl (C=O) groups is 4. The van der Waals surface area contributed by atoms with Gasteiger partial charge in [0.2, 0.25) is 12.3 Å². The van der Waals surface area contributed by atoms with Crippen molar-refractivity contribution in [1.29, 1.82) is 5.26 Å². The Bertz CT molecular complexity index is 1150. The van der Waals surface area contributed by atoms with Gasteiger partial charge in [-0.3, -0.25) is 25.0 Å². The van der Waals surface area contributed by atoms with Gasteiger partial charge in [-0.15, -0.1) is 11.6 Å². The highest BCUT2D eigenvalue weighted by Crippen LogP contribution is 2.27. The van der Waals surface area contributed by atoms with E-state index >= 15 is 0 Å². The molecule has 0 saturated carbocycles. The number of anilines is 1. The zero-order chi connectivity index (χ0) is 26.0. The third-order valence-corrected chi connectivity index (χ3v) is 5.51. The van der Waals surface area contributed by atoms with Crippen molar-refractivity contribution in [2.75, 3.05) is 11.7 Å². The summed E-state index contributed by atoms with van der Waals surface area (Å²) in [4.78, 5) is 48.5. The SMILES string of the molecule is CCl.Cc1cc(NC(=O)OCc2ccc3c(c2)C(=O)N(C(C)CCC(=O)NC=O)C3)ccc1C#N. The third-order valence-electron chi connectivity index (χ3n) is 5.51. The summed E-state index contributed by atoms with van der Waals surface area (Å²) in [6.07, 6.45) is 1.76. The van der Waals surface area contributed by atoms with Gasteiger partial charge in [-0.25, -0.2) is 4.79 Å². The first-order chi connectivity index (χ1) is 16.8. The van der Waals surface area contributed by atoms with E-state index in [-0.39, 0.29) is 30.9 Å². The van der Waals surface area contributed by atoms with E-state index in [1.165, 1.54) is 6.38 Å². The van der Waals surface area contributed by atoms with Crippen LogP contribution in [0.5, 0.6) is 0 Å². The van der Waals surface area contributed by atoms with E-state index in [1.54, 1.807) is 42.2 Å². The monoisotopic (exact) mass is 498 g/mol. The largest absolute Gasteiger partial charge is 0.444 e. The number of imide groups is 1. The van der Waals surface area contributed by atoms with E-state index in [0.29, 0.717) is 41.8 Å². The van der Waals surface area contributed by atoms with Crippen LogP contribution >= 0.6 is 11.6 Å². The highest BCUT2D eigenvalue weighted by Gasteiger charge is 2.31. The molecule has 9 nitrogen and oxygen atoms in total. The Morgan fingerprint density at radius 1 is 1.26 bits per heavy atom. The number of alkyl halides is 1. The maximum atomic E-state index is 12.9. The van der Waals surface area contributed by atoms with Crippen LogP contribution in [0.2, 0.25) is 0 Å². The van der Waals surface area contributed by atoms with Crippen molar-refractivity contribution in [3.63, 3.8) is 0 Å². The van der Waals surface area contributed by atoms with Crippen molar-refractivity contribution in [2.24, 2.45) is 0 Å². The molecular weight excluding hydrogens is 472 g/mol. The van der Waals surface area contributed by atoms with Gasteiger partial charge in [-0.2, -0.15) is 5.26 Å². The molecule has 2 N–H and O–H groups in total. The molecule has 10 heteroatoms. The Balaban J connectivity index is 0.00000210.